The van der Waals surface area contributed by atoms with Gasteiger partial charge in [-0.3, -0.25) is 4.98 Å². The molecule has 17 heavy (non-hydrogen) atoms. The van der Waals surface area contributed by atoms with Gasteiger partial charge in [0.2, 0.25) is 11.8 Å². The van der Waals surface area contributed by atoms with E-state index < -0.39 is 0 Å². The molecule has 0 aliphatic rings. The summed E-state index contributed by atoms with van der Waals surface area (Å²) in [6.45, 7) is 1.97. The second-order valence-electron chi connectivity index (χ2n) is 3.53. The lowest BCUT2D eigenvalue weighted by molar-refractivity contribution is 0.398. The molecule has 6 heteroatoms. The Balaban J connectivity index is 2.26. The van der Waals surface area contributed by atoms with E-state index in [1.54, 1.807) is 18.5 Å². The van der Waals surface area contributed by atoms with Crippen molar-refractivity contribution in [2.75, 3.05) is 18.2 Å². The van der Waals surface area contributed by atoms with Gasteiger partial charge in [0, 0.05) is 12.3 Å². The molecule has 2 heterocycles. The van der Waals surface area contributed by atoms with Gasteiger partial charge in [0.25, 0.3) is 0 Å². The van der Waals surface area contributed by atoms with Crippen LogP contribution in [0.1, 0.15) is 5.56 Å². The molecule has 0 bridgehead atoms. The van der Waals surface area contributed by atoms with Crippen molar-refractivity contribution < 1.29 is 4.74 Å². The van der Waals surface area contributed by atoms with Gasteiger partial charge in [-0.15, -0.1) is 0 Å². The number of pyridine rings is 1. The summed E-state index contributed by atoms with van der Waals surface area (Å²) in [7, 11) is 1.53. The number of anilines is 3. The molecular weight excluding hydrogens is 218 g/mol. The normalized spacial score (nSPS) is 10.0. The summed E-state index contributed by atoms with van der Waals surface area (Å²) in [5, 5.41) is 3.09. The third-order valence-electron chi connectivity index (χ3n) is 2.08. The standard InChI is InChI=1S/C11H13N5O/c1-7-3-8(6-13-5-7)14-9-4-10(17-2)16-11(12)15-9/h3-6H,1-2H3,(H3,12,14,15,16). The number of hydrogen-bond acceptors (Lipinski definition) is 6. The Morgan fingerprint density at radius 1 is 1.24 bits per heavy atom. The molecule has 6 nitrogen and oxygen atoms in total. The smallest absolute Gasteiger partial charge is 0.225 e. The molecule has 0 amide bonds. The maximum Gasteiger partial charge on any atom is 0.225 e. The van der Waals surface area contributed by atoms with E-state index in [9.17, 15) is 0 Å². The van der Waals surface area contributed by atoms with Gasteiger partial charge in [0.1, 0.15) is 5.82 Å². The van der Waals surface area contributed by atoms with E-state index in [-0.39, 0.29) is 5.95 Å². The number of aromatic nitrogens is 3. The van der Waals surface area contributed by atoms with Gasteiger partial charge in [0.05, 0.1) is 19.0 Å². The molecule has 0 spiro atoms. The van der Waals surface area contributed by atoms with Crippen LogP contribution in [-0.2, 0) is 0 Å². The highest BCUT2D eigenvalue weighted by Crippen LogP contribution is 2.18. The van der Waals surface area contributed by atoms with E-state index >= 15 is 0 Å². The van der Waals surface area contributed by atoms with Crippen molar-refractivity contribution in [2.45, 2.75) is 6.92 Å². The van der Waals surface area contributed by atoms with Gasteiger partial charge in [-0.25, -0.2) is 0 Å². The molecule has 3 N–H and O–H groups in total. The van der Waals surface area contributed by atoms with Crippen LogP contribution in [0.4, 0.5) is 17.5 Å². The second kappa shape index (κ2) is 4.65. The van der Waals surface area contributed by atoms with Crippen LogP contribution in [0.2, 0.25) is 0 Å². The number of hydrogen-bond donors (Lipinski definition) is 2. The minimum Gasteiger partial charge on any atom is -0.481 e. The Labute approximate surface area is 98.9 Å². The van der Waals surface area contributed by atoms with Crippen molar-refractivity contribution in [3.8, 4) is 5.88 Å². The van der Waals surface area contributed by atoms with Crippen molar-refractivity contribution in [3.63, 3.8) is 0 Å². The van der Waals surface area contributed by atoms with Gasteiger partial charge in [-0.2, -0.15) is 9.97 Å². The summed E-state index contributed by atoms with van der Waals surface area (Å²) < 4.78 is 5.01. The van der Waals surface area contributed by atoms with Crippen LogP contribution in [0.25, 0.3) is 0 Å². The molecule has 88 valence electrons. The third kappa shape index (κ3) is 2.81. The first-order valence-electron chi connectivity index (χ1n) is 5.04. The largest absolute Gasteiger partial charge is 0.481 e. The predicted octanol–water partition coefficient (Wildman–Crippen LogP) is 1.51. The van der Waals surface area contributed by atoms with E-state index in [1.807, 2.05) is 13.0 Å². The van der Waals surface area contributed by atoms with Crippen LogP contribution in [0, 0.1) is 6.92 Å². The maximum atomic E-state index is 5.56. The summed E-state index contributed by atoms with van der Waals surface area (Å²) in [6, 6.07) is 3.62. The van der Waals surface area contributed by atoms with E-state index in [4.69, 9.17) is 10.5 Å². The Bertz CT molecular complexity index is 529. The number of nitrogen functional groups attached to an aromatic ring is 1. The molecule has 2 aromatic rings. The predicted molar refractivity (Wildman–Crippen MR) is 65.3 cm³/mol. The first kappa shape index (κ1) is 11.1. The lowest BCUT2D eigenvalue weighted by Crippen LogP contribution is -2.02. The van der Waals surface area contributed by atoms with Gasteiger partial charge in [-0.05, 0) is 18.6 Å². The fourth-order valence-corrected chi connectivity index (χ4v) is 1.38. The average molecular weight is 231 g/mol. The summed E-state index contributed by atoms with van der Waals surface area (Å²) in [5.74, 6) is 1.15. The maximum absolute atomic E-state index is 5.56. The summed E-state index contributed by atoms with van der Waals surface area (Å²) in [5.41, 5.74) is 7.46. The average Bonchev–Trinajstić information content (AvgIpc) is 2.28. The topological polar surface area (TPSA) is 86.0 Å². The van der Waals surface area contributed by atoms with Gasteiger partial charge in [-0.1, -0.05) is 0 Å². The van der Waals surface area contributed by atoms with E-state index in [2.05, 4.69) is 20.3 Å². The van der Waals surface area contributed by atoms with Crippen molar-refractivity contribution in [3.05, 3.63) is 30.1 Å². The minimum absolute atomic E-state index is 0.160. The second-order valence-corrected chi connectivity index (χ2v) is 3.53. The quantitative estimate of drug-likeness (QED) is 0.832. The fraction of sp³-hybridized carbons (Fsp3) is 0.182. The van der Waals surface area contributed by atoms with Crippen molar-refractivity contribution in [2.24, 2.45) is 0 Å². The first-order chi connectivity index (χ1) is 8.17. The van der Waals surface area contributed by atoms with Crippen LogP contribution >= 0.6 is 0 Å². The van der Waals surface area contributed by atoms with Gasteiger partial charge in [0.15, 0.2) is 0 Å². The molecule has 0 aliphatic heterocycles. The van der Waals surface area contributed by atoms with Crippen LogP contribution in [0.15, 0.2) is 24.5 Å². The molecule has 2 rings (SSSR count). The molecule has 2 aromatic heterocycles. The Morgan fingerprint density at radius 2 is 2.06 bits per heavy atom. The van der Waals surface area contributed by atoms with Gasteiger partial charge < -0.3 is 15.8 Å². The lowest BCUT2D eigenvalue weighted by Gasteiger charge is -2.07. The lowest BCUT2D eigenvalue weighted by atomic mass is 10.3. The number of ether oxygens (including phenoxy) is 1. The molecule has 0 unspecified atom stereocenters. The fourth-order valence-electron chi connectivity index (χ4n) is 1.38. The Morgan fingerprint density at radius 3 is 2.76 bits per heavy atom. The van der Waals surface area contributed by atoms with Crippen LogP contribution in [-0.4, -0.2) is 22.1 Å². The number of nitrogens with zero attached hydrogens (tertiary/aromatic N) is 3. The van der Waals surface area contributed by atoms with E-state index in [0.29, 0.717) is 11.7 Å². The molecule has 0 aromatic carbocycles. The monoisotopic (exact) mass is 231 g/mol. The Kier molecular flexibility index (Phi) is 3.04. The summed E-state index contributed by atoms with van der Waals surface area (Å²) in [4.78, 5) is 12.0. The van der Waals surface area contributed by atoms with E-state index in [1.165, 1.54) is 7.11 Å². The number of aryl methyl sites for hydroxylation is 1. The van der Waals surface area contributed by atoms with Crippen LogP contribution in [0.3, 0.4) is 0 Å². The molecule has 0 saturated heterocycles. The molecule has 0 saturated carbocycles. The van der Waals surface area contributed by atoms with Crippen LogP contribution < -0.4 is 15.8 Å². The zero-order valence-electron chi connectivity index (χ0n) is 9.64. The molecular formula is C11H13N5O. The molecule has 0 aliphatic carbocycles. The third-order valence-corrected chi connectivity index (χ3v) is 2.08. The zero-order chi connectivity index (χ0) is 12.3. The number of nitrogens with two attached hydrogens (primary N) is 1. The van der Waals surface area contributed by atoms with E-state index in [0.717, 1.165) is 11.3 Å². The van der Waals surface area contributed by atoms with Crippen molar-refractivity contribution in [1.29, 1.82) is 0 Å². The summed E-state index contributed by atoms with van der Waals surface area (Å²) in [6.07, 6.45) is 3.48. The highest BCUT2D eigenvalue weighted by Gasteiger charge is 2.03. The highest BCUT2D eigenvalue weighted by atomic mass is 16.5. The van der Waals surface area contributed by atoms with Crippen molar-refractivity contribution in [1.82, 2.24) is 15.0 Å². The van der Waals surface area contributed by atoms with Crippen LogP contribution in [0.5, 0.6) is 5.88 Å². The number of methoxy groups -OCH3 is 1. The SMILES string of the molecule is COc1cc(Nc2cncc(C)c2)nc(N)n1. The van der Waals surface area contributed by atoms with Crippen molar-refractivity contribution >= 4 is 17.5 Å². The molecule has 0 radical (unpaired) electrons. The Hall–Kier alpha value is -2.37. The van der Waals surface area contributed by atoms with Gasteiger partial charge >= 0.3 is 0 Å². The molecule has 0 atom stereocenters. The summed E-state index contributed by atoms with van der Waals surface area (Å²) >= 11 is 0. The zero-order valence-corrected chi connectivity index (χ0v) is 9.64. The number of rotatable bonds is 3. The molecule has 0 fully saturated rings. The highest BCUT2D eigenvalue weighted by molar-refractivity contribution is 5.57. The number of nitrogens with one attached hydrogen (secondary N) is 1. The minimum atomic E-state index is 0.160. The first-order valence-corrected chi connectivity index (χ1v) is 5.04.